The molecule has 0 saturated carbocycles. The normalized spacial score (nSPS) is 15.6. The Kier molecular flexibility index (Phi) is 6.85. The van der Waals surface area contributed by atoms with Gasteiger partial charge in [0, 0.05) is 20.8 Å². The minimum atomic E-state index is -5.17. The molecule has 0 aromatic carbocycles. The number of quaternary nitrogens is 2. The maximum Gasteiger partial charge on any atom is 0.236 e. The lowest BCUT2D eigenvalue weighted by Gasteiger charge is -2.06. The first-order chi connectivity index (χ1) is 7.00. The Bertz CT molecular complexity index is 318. The Labute approximate surface area is 83.4 Å². The van der Waals surface area contributed by atoms with Gasteiger partial charge < -0.3 is 9.11 Å². The van der Waals surface area contributed by atoms with Crippen molar-refractivity contribution in [2.75, 3.05) is 0 Å². The van der Waals surface area contributed by atoms with Crippen LogP contribution < -0.4 is 10.9 Å². The molecule has 15 heavy (non-hydrogen) atoms. The Morgan fingerprint density at radius 1 is 0.933 bits per heavy atom. The lowest BCUT2D eigenvalue weighted by Crippen LogP contribution is -2.74. The van der Waals surface area contributed by atoms with Crippen molar-refractivity contribution in [2.24, 2.45) is 31.1 Å². The largest absolute Gasteiger partial charge is 0.759 e. The lowest BCUT2D eigenvalue weighted by molar-refractivity contribution is -0.538. The van der Waals surface area contributed by atoms with Gasteiger partial charge in [-0.15, -0.1) is 0 Å². The van der Waals surface area contributed by atoms with Crippen LogP contribution in [0.15, 0.2) is 31.1 Å². The minimum absolute atomic E-state index is 1.53. The van der Waals surface area contributed by atoms with Crippen molar-refractivity contribution in [3.05, 3.63) is 0 Å². The van der Waals surface area contributed by atoms with Gasteiger partial charge in [0.1, 0.15) is 0 Å². The highest BCUT2D eigenvalue weighted by molar-refractivity contribution is 7.79. The molecule has 2 aliphatic rings. The number of rotatable bonds is 0. The van der Waals surface area contributed by atoms with Gasteiger partial charge in [-0.3, -0.25) is 8.42 Å². The van der Waals surface area contributed by atoms with Crippen molar-refractivity contribution in [3.8, 4) is 0 Å². The lowest BCUT2D eigenvalue weighted by atomic mass is 11.4. The first kappa shape index (κ1) is 13.3. The molecule has 0 saturated heterocycles. The summed E-state index contributed by atoms with van der Waals surface area (Å²) in [5, 5.41) is 19.9. The smallest absolute Gasteiger partial charge is 0.236 e. The molecule has 0 aromatic rings. The zero-order valence-corrected chi connectivity index (χ0v) is 7.85. The van der Waals surface area contributed by atoms with Crippen LogP contribution in [0.2, 0.25) is 0 Å². The molecule has 13 heteroatoms. The maximum absolute atomic E-state index is 8.52. The molecule has 0 aromatic heterocycles. The third-order valence-corrected chi connectivity index (χ3v) is 0.607. The molecule has 0 amide bonds. The Morgan fingerprint density at radius 2 is 1.27 bits per heavy atom. The molecule has 0 spiro atoms. The average Bonchev–Trinajstić information content (AvgIpc) is 2.81. The molecular weight excluding hydrogens is 232 g/mol. The number of hydrogen-bond donors (Lipinski definition) is 2. The summed E-state index contributed by atoms with van der Waals surface area (Å²) < 4.78 is 34.1. The minimum Gasteiger partial charge on any atom is -0.759 e. The standard InChI is InChI=1S/2CH2N4.H2O4S/c2*1-2-4-5-3-1;1-5(2,3)4/h2*1H,(H,2,3,4,5);(H2,1,2,3,4). The van der Waals surface area contributed by atoms with Crippen LogP contribution in [0, 0.1) is 0 Å². The van der Waals surface area contributed by atoms with Crippen LogP contribution in [-0.4, -0.2) is 30.2 Å². The molecule has 84 valence electrons. The second-order valence-corrected chi connectivity index (χ2v) is 2.46. The van der Waals surface area contributed by atoms with E-state index in [0.717, 1.165) is 0 Å². The molecule has 2 heterocycles. The fraction of sp³-hybridized carbons (Fsp3) is 0. The molecule has 0 fully saturated rings. The highest BCUT2D eigenvalue weighted by Crippen LogP contribution is 1.65. The van der Waals surface area contributed by atoms with E-state index in [0.29, 0.717) is 0 Å². The van der Waals surface area contributed by atoms with E-state index in [4.69, 9.17) is 17.5 Å². The van der Waals surface area contributed by atoms with Crippen molar-refractivity contribution in [3.63, 3.8) is 0 Å². The van der Waals surface area contributed by atoms with E-state index in [1.807, 2.05) is 0 Å². The summed E-state index contributed by atoms with van der Waals surface area (Å²) in [6.07, 6.45) is 3.06. The summed E-state index contributed by atoms with van der Waals surface area (Å²) in [5.41, 5.74) is 3.06. The van der Waals surface area contributed by atoms with Crippen LogP contribution in [0.4, 0.5) is 0 Å². The molecular formula is C2H6N8O4S. The van der Waals surface area contributed by atoms with Crippen molar-refractivity contribution in [1.29, 1.82) is 0 Å². The Balaban J connectivity index is 0.000000196. The van der Waals surface area contributed by atoms with Crippen LogP contribution in [0.3, 0.4) is 0 Å². The van der Waals surface area contributed by atoms with E-state index in [9.17, 15) is 0 Å². The van der Waals surface area contributed by atoms with Crippen molar-refractivity contribution in [1.82, 2.24) is 0 Å². The van der Waals surface area contributed by atoms with Crippen molar-refractivity contribution >= 4 is 23.1 Å². The van der Waals surface area contributed by atoms with E-state index in [1.165, 1.54) is 23.5 Å². The highest BCUT2D eigenvalue weighted by Gasteiger charge is 1.80. The summed E-state index contributed by atoms with van der Waals surface area (Å²) in [7, 11) is -5.17. The van der Waals surface area contributed by atoms with Crippen molar-refractivity contribution < 1.29 is 28.4 Å². The van der Waals surface area contributed by atoms with Gasteiger partial charge in [-0.1, -0.05) is 10.2 Å². The molecule has 12 nitrogen and oxygen atoms in total. The van der Waals surface area contributed by atoms with E-state index < -0.39 is 10.4 Å². The molecule has 2 rings (SSSR count). The van der Waals surface area contributed by atoms with E-state index in [1.54, 1.807) is 0 Å². The molecule has 0 aliphatic carbocycles. The molecule has 0 bridgehead atoms. The summed E-state index contributed by atoms with van der Waals surface area (Å²) in [4.78, 5) is 0. The Hall–Kier alpha value is -1.67. The fourth-order valence-electron chi connectivity index (χ4n) is 0.298. The van der Waals surface area contributed by atoms with Gasteiger partial charge in [0.15, 0.2) is 0 Å². The van der Waals surface area contributed by atoms with Crippen LogP contribution in [-0.2, 0) is 10.4 Å². The molecule has 0 atom stereocenters. The van der Waals surface area contributed by atoms with Gasteiger partial charge in [-0.05, 0) is 0 Å². The van der Waals surface area contributed by atoms with Gasteiger partial charge in [0.05, 0.1) is 10.4 Å². The van der Waals surface area contributed by atoms with Crippen LogP contribution in [0.1, 0.15) is 0 Å². The second kappa shape index (κ2) is 7.71. The summed E-state index contributed by atoms with van der Waals surface area (Å²) in [6.45, 7) is 0. The third kappa shape index (κ3) is 19.0. The second-order valence-electron chi connectivity index (χ2n) is 1.65. The van der Waals surface area contributed by atoms with Gasteiger partial charge in [0.2, 0.25) is 12.7 Å². The third-order valence-electron chi connectivity index (χ3n) is 0.607. The summed E-state index contributed by atoms with van der Waals surface area (Å²) in [6, 6.07) is 0. The van der Waals surface area contributed by atoms with E-state index >= 15 is 0 Å². The zero-order chi connectivity index (χ0) is 11.6. The fourth-order valence-corrected chi connectivity index (χ4v) is 0.298. The number of nitrogens with zero attached hydrogens (tertiary/aromatic N) is 6. The predicted molar refractivity (Wildman–Crippen MR) is 41.0 cm³/mol. The first-order valence-corrected chi connectivity index (χ1v) is 4.50. The van der Waals surface area contributed by atoms with Gasteiger partial charge >= 0.3 is 0 Å². The van der Waals surface area contributed by atoms with Gasteiger partial charge in [-0.25, -0.2) is 0 Å². The summed E-state index contributed by atoms with van der Waals surface area (Å²) in [5.74, 6) is 0. The monoisotopic (exact) mass is 238 g/mol. The van der Waals surface area contributed by atoms with Crippen LogP contribution >= 0.6 is 0 Å². The van der Waals surface area contributed by atoms with E-state index in [2.05, 4.69) is 31.1 Å². The molecule has 4 N–H and O–H groups in total. The topological polar surface area (TPSA) is 188 Å². The molecule has 2 aliphatic heterocycles. The average molecular weight is 238 g/mol. The van der Waals surface area contributed by atoms with Crippen molar-refractivity contribution in [2.45, 2.75) is 0 Å². The van der Waals surface area contributed by atoms with Gasteiger partial charge in [-0.2, -0.15) is 10.9 Å². The quantitative estimate of drug-likeness (QED) is 0.250. The molecule has 0 unspecified atom stereocenters. The maximum atomic E-state index is 8.52. The summed E-state index contributed by atoms with van der Waals surface area (Å²) >= 11 is 0. The SMILES string of the molecule is C1=NN=N[NH2+]1.C1=NN=N[NH2+]1.O=S(=O)([O-])[O-]. The number of hydrogen-bond acceptors (Lipinski definition) is 10. The zero-order valence-electron chi connectivity index (χ0n) is 7.03. The Morgan fingerprint density at radius 3 is 1.33 bits per heavy atom. The van der Waals surface area contributed by atoms with Crippen LogP contribution in [0.25, 0.3) is 0 Å². The van der Waals surface area contributed by atoms with E-state index in [-0.39, 0.29) is 0 Å². The van der Waals surface area contributed by atoms with Crippen LogP contribution in [0.5, 0.6) is 0 Å². The molecule has 0 radical (unpaired) electrons. The highest BCUT2D eigenvalue weighted by atomic mass is 32.3. The first-order valence-electron chi connectivity index (χ1n) is 3.17. The predicted octanol–water partition coefficient (Wildman–Crippen LogP) is -3.59. The number of nitrogens with two attached hydrogens (primary N) is 2. The van der Waals surface area contributed by atoms with Gasteiger partial charge in [0.25, 0.3) is 0 Å².